The van der Waals surface area contributed by atoms with E-state index in [1.54, 1.807) is 16.2 Å². The number of imide groups is 1. The number of aromatic nitrogens is 3. The van der Waals surface area contributed by atoms with Gasteiger partial charge in [0.05, 0.1) is 5.69 Å². The summed E-state index contributed by atoms with van der Waals surface area (Å²) in [7, 11) is 0. The largest absolute Gasteiger partial charge is 0.354 e. The van der Waals surface area contributed by atoms with E-state index in [1.807, 2.05) is 37.3 Å². The molecule has 2 saturated heterocycles. The summed E-state index contributed by atoms with van der Waals surface area (Å²) in [6.07, 6.45) is 1.28. The number of benzene rings is 3. The highest BCUT2D eigenvalue weighted by atomic mass is 32.1. The van der Waals surface area contributed by atoms with Crippen molar-refractivity contribution < 1.29 is 14.4 Å². The van der Waals surface area contributed by atoms with E-state index in [4.69, 9.17) is 4.98 Å². The lowest BCUT2D eigenvalue weighted by Crippen LogP contribution is -2.53. The van der Waals surface area contributed by atoms with Gasteiger partial charge >= 0.3 is 0 Å². The van der Waals surface area contributed by atoms with Crippen LogP contribution in [0.15, 0.2) is 72.8 Å². The van der Waals surface area contributed by atoms with Gasteiger partial charge in [-0.15, -0.1) is 10.2 Å². The van der Waals surface area contributed by atoms with Crippen LogP contribution >= 0.6 is 11.3 Å². The third kappa shape index (κ3) is 5.55. The molecule has 1 atom stereocenters. The van der Waals surface area contributed by atoms with Crippen LogP contribution in [-0.4, -0.2) is 70.0 Å². The second kappa shape index (κ2) is 12.0. The minimum Gasteiger partial charge on any atom is -0.354 e. The number of piperidine rings is 1. The van der Waals surface area contributed by atoms with Crippen LogP contribution in [0.2, 0.25) is 0 Å². The average molecular weight is 644 g/mol. The lowest BCUT2D eigenvalue weighted by molar-refractivity contribution is -0.134. The van der Waals surface area contributed by atoms with Crippen LogP contribution in [0.1, 0.15) is 44.9 Å². The van der Waals surface area contributed by atoms with Gasteiger partial charge in [-0.3, -0.25) is 29.5 Å². The summed E-state index contributed by atoms with van der Waals surface area (Å²) in [5.41, 5.74) is 5.82. The van der Waals surface area contributed by atoms with Gasteiger partial charge in [-0.1, -0.05) is 59.9 Å². The molecule has 5 heterocycles. The van der Waals surface area contributed by atoms with E-state index in [9.17, 15) is 14.4 Å². The summed E-state index contributed by atoms with van der Waals surface area (Å²) < 4.78 is 0. The first kappa shape index (κ1) is 29.4. The number of piperazine rings is 1. The highest BCUT2D eigenvalue weighted by molar-refractivity contribution is 7.14. The molecule has 10 nitrogen and oxygen atoms in total. The number of nitrogens with zero attached hydrogens (tertiary/aromatic N) is 6. The van der Waals surface area contributed by atoms with E-state index in [-0.39, 0.29) is 18.2 Å². The van der Waals surface area contributed by atoms with Crippen molar-refractivity contribution in [3.05, 3.63) is 100 Å². The lowest BCUT2D eigenvalue weighted by atomic mass is 9.95. The maximum Gasteiger partial charge on any atom is 0.259 e. The number of anilines is 2. The van der Waals surface area contributed by atoms with E-state index in [2.05, 4.69) is 67.8 Å². The Morgan fingerprint density at radius 2 is 1.66 bits per heavy atom. The van der Waals surface area contributed by atoms with Crippen LogP contribution in [-0.2, 0) is 22.6 Å². The zero-order chi connectivity index (χ0) is 32.1. The Morgan fingerprint density at radius 1 is 0.872 bits per heavy atom. The van der Waals surface area contributed by atoms with Gasteiger partial charge < -0.3 is 4.90 Å². The Labute approximate surface area is 276 Å². The molecule has 11 heteroatoms. The van der Waals surface area contributed by atoms with Gasteiger partial charge in [-0.05, 0) is 66.1 Å². The van der Waals surface area contributed by atoms with Crippen molar-refractivity contribution in [3.63, 3.8) is 0 Å². The highest BCUT2D eigenvalue weighted by Gasteiger charge is 2.40. The van der Waals surface area contributed by atoms with Crippen molar-refractivity contribution in [2.45, 2.75) is 38.8 Å². The van der Waals surface area contributed by atoms with Crippen LogP contribution in [0.5, 0.6) is 0 Å². The molecular formula is C36H33N7O3S. The topological polar surface area (TPSA) is 112 Å². The zero-order valence-electron chi connectivity index (χ0n) is 26.0. The number of carbonyl (C=O) groups excluding carboxylic acids is 3. The summed E-state index contributed by atoms with van der Waals surface area (Å²) in [4.78, 5) is 49.1. The average Bonchev–Trinajstić information content (AvgIpc) is 3.65. The van der Waals surface area contributed by atoms with Crippen molar-refractivity contribution in [1.82, 2.24) is 25.4 Å². The standard InChI is InChI=1S/C36H33N7O3S/c1-22-39-40-35(47-22)28-6-3-7-31(37-28)42-18-16-41(17-19-42)21-24-10-8-23(9-11-24)20-25-12-13-29-33-26(25)4-2-5-27(33)36(46)43(29)30-14-15-32(44)38-34(30)45/h2-13,30H,14-21H2,1H3,(H,38,44,45)/t30-/m1/s1. The summed E-state index contributed by atoms with van der Waals surface area (Å²) in [6.45, 7) is 6.60. The van der Waals surface area contributed by atoms with Gasteiger partial charge in [0.2, 0.25) is 11.8 Å². The fourth-order valence-electron chi connectivity index (χ4n) is 6.95. The third-order valence-corrected chi connectivity index (χ3v) is 10.2. The number of rotatable bonds is 7. The Morgan fingerprint density at radius 3 is 2.43 bits per heavy atom. The number of amides is 3. The maximum atomic E-state index is 13.5. The normalized spacial score (nSPS) is 18.3. The summed E-state index contributed by atoms with van der Waals surface area (Å²) in [5, 5.41) is 14.5. The Balaban J connectivity index is 0.924. The van der Waals surface area contributed by atoms with Crippen LogP contribution in [0.4, 0.5) is 11.5 Å². The van der Waals surface area contributed by atoms with Gasteiger partial charge in [0.15, 0.2) is 5.01 Å². The van der Waals surface area contributed by atoms with Crippen molar-refractivity contribution in [2.24, 2.45) is 0 Å². The number of hydrogen-bond donors (Lipinski definition) is 1. The number of hydrogen-bond acceptors (Lipinski definition) is 9. The molecule has 2 aromatic heterocycles. The molecule has 3 amide bonds. The molecule has 2 fully saturated rings. The summed E-state index contributed by atoms with van der Waals surface area (Å²) in [5.74, 6) is 0.0928. The first-order valence-corrected chi connectivity index (χ1v) is 16.8. The van der Waals surface area contributed by atoms with Gasteiger partial charge in [-0.25, -0.2) is 4.98 Å². The SMILES string of the molecule is Cc1nnc(-c2cccc(N3CCN(Cc4ccc(Cc5ccc6c7c(cccc57)C(=O)N6[C@@H]5CCC(=O)NC5=O)cc4)CC3)n2)s1. The predicted molar refractivity (Wildman–Crippen MR) is 182 cm³/mol. The summed E-state index contributed by atoms with van der Waals surface area (Å²) in [6, 6.07) is 24.0. The minimum atomic E-state index is -0.684. The maximum absolute atomic E-state index is 13.5. The fourth-order valence-corrected chi connectivity index (χ4v) is 7.61. The molecule has 3 aromatic carbocycles. The second-order valence-corrected chi connectivity index (χ2v) is 13.6. The van der Waals surface area contributed by atoms with E-state index in [0.717, 1.165) is 82.7 Å². The van der Waals surface area contributed by atoms with Gasteiger partial charge in [0.1, 0.15) is 22.6 Å². The Hall–Kier alpha value is -5.00. The molecule has 0 bridgehead atoms. The fraction of sp³-hybridized carbons (Fsp3) is 0.278. The third-order valence-electron chi connectivity index (χ3n) is 9.34. The molecule has 0 radical (unpaired) electrons. The molecule has 1 N–H and O–H groups in total. The molecule has 47 heavy (non-hydrogen) atoms. The molecule has 0 saturated carbocycles. The molecule has 3 aliphatic heterocycles. The molecule has 5 aromatic rings. The first-order chi connectivity index (χ1) is 22.9. The number of carbonyl (C=O) groups is 3. The van der Waals surface area contributed by atoms with Gasteiger partial charge in [0.25, 0.3) is 5.91 Å². The van der Waals surface area contributed by atoms with Gasteiger partial charge in [-0.2, -0.15) is 0 Å². The molecular weight excluding hydrogens is 611 g/mol. The van der Waals surface area contributed by atoms with Crippen molar-refractivity contribution >= 4 is 51.3 Å². The lowest BCUT2D eigenvalue weighted by Gasteiger charge is -2.35. The van der Waals surface area contributed by atoms with Crippen molar-refractivity contribution in [2.75, 3.05) is 36.0 Å². The van der Waals surface area contributed by atoms with E-state index in [1.165, 1.54) is 11.1 Å². The van der Waals surface area contributed by atoms with E-state index < -0.39 is 11.9 Å². The van der Waals surface area contributed by atoms with Crippen LogP contribution < -0.4 is 15.1 Å². The zero-order valence-corrected chi connectivity index (χ0v) is 26.8. The number of nitrogens with one attached hydrogen (secondary N) is 1. The Bertz CT molecular complexity index is 2030. The van der Waals surface area contributed by atoms with Crippen LogP contribution in [0.3, 0.4) is 0 Å². The van der Waals surface area contributed by atoms with E-state index in [0.29, 0.717) is 12.0 Å². The van der Waals surface area contributed by atoms with Crippen LogP contribution in [0, 0.1) is 6.92 Å². The number of aryl methyl sites for hydroxylation is 1. The first-order valence-electron chi connectivity index (χ1n) is 16.0. The summed E-state index contributed by atoms with van der Waals surface area (Å²) >= 11 is 1.56. The molecule has 8 rings (SSSR count). The van der Waals surface area contributed by atoms with E-state index >= 15 is 0 Å². The molecule has 0 spiro atoms. The predicted octanol–water partition coefficient (Wildman–Crippen LogP) is 4.74. The van der Waals surface area contributed by atoms with Crippen LogP contribution in [0.25, 0.3) is 21.5 Å². The molecule has 0 aliphatic carbocycles. The number of pyridine rings is 1. The molecule has 0 unspecified atom stereocenters. The van der Waals surface area contributed by atoms with Crippen molar-refractivity contribution in [1.29, 1.82) is 0 Å². The highest BCUT2D eigenvalue weighted by Crippen LogP contribution is 2.41. The Kier molecular flexibility index (Phi) is 7.49. The quantitative estimate of drug-likeness (QED) is 0.253. The minimum absolute atomic E-state index is 0.185. The molecule has 236 valence electrons. The second-order valence-electron chi connectivity index (χ2n) is 12.4. The monoisotopic (exact) mass is 643 g/mol. The molecule has 3 aliphatic rings. The smallest absolute Gasteiger partial charge is 0.259 e. The van der Waals surface area contributed by atoms with Gasteiger partial charge in [0, 0.05) is 50.1 Å². The van der Waals surface area contributed by atoms with Crippen molar-refractivity contribution in [3.8, 4) is 10.7 Å².